The van der Waals surface area contributed by atoms with Crippen LogP contribution >= 0.6 is 0 Å². The zero-order chi connectivity index (χ0) is 12.3. The van der Waals surface area contributed by atoms with Crippen molar-refractivity contribution in [3.05, 3.63) is 0 Å². The van der Waals surface area contributed by atoms with Crippen LogP contribution in [-0.2, 0) is 0 Å². The largest absolute Gasteiger partial charge is 0.401 e. The van der Waals surface area contributed by atoms with Crippen molar-refractivity contribution in [2.75, 3.05) is 6.54 Å². The molecule has 16 heavy (non-hydrogen) atoms. The van der Waals surface area contributed by atoms with Gasteiger partial charge in [0.05, 0.1) is 6.54 Å². The summed E-state index contributed by atoms with van der Waals surface area (Å²) >= 11 is 0. The molecule has 1 aliphatic carbocycles. The van der Waals surface area contributed by atoms with Crippen molar-refractivity contribution in [3.63, 3.8) is 0 Å². The molecule has 1 aliphatic rings. The lowest BCUT2D eigenvalue weighted by molar-refractivity contribution is -0.157. The smallest absolute Gasteiger partial charge is 0.326 e. The van der Waals surface area contributed by atoms with Crippen molar-refractivity contribution in [3.8, 4) is 0 Å². The second-order valence-corrected chi connectivity index (χ2v) is 4.90. The van der Waals surface area contributed by atoms with Crippen LogP contribution in [0, 0.1) is 0 Å². The van der Waals surface area contributed by atoms with Crippen LogP contribution in [0.5, 0.6) is 0 Å². The van der Waals surface area contributed by atoms with E-state index in [1.807, 2.05) is 0 Å². The SMILES string of the molecule is CC(C)N(CC(F)(F)F)C1CCCCC1N. The van der Waals surface area contributed by atoms with Crippen molar-refractivity contribution in [2.24, 2.45) is 5.73 Å². The van der Waals surface area contributed by atoms with Crippen LogP contribution in [0.15, 0.2) is 0 Å². The number of rotatable bonds is 3. The van der Waals surface area contributed by atoms with Crippen molar-refractivity contribution in [2.45, 2.75) is 63.8 Å². The fraction of sp³-hybridized carbons (Fsp3) is 1.00. The van der Waals surface area contributed by atoms with Gasteiger partial charge < -0.3 is 5.73 Å². The fourth-order valence-electron chi connectivity index (χ4n) is 2.44. The maximum Gasteiger partial charge on any atom is 0.401 e. The molecule has 0 aliphatic heterocycles. The average Bonchev–Trinajstić information content (AvgIpc) is 2.13. The highest BCUT2D eigenvalue weighted by molar-refractivity contribution is 4.88. The molecular formula is C11H21F3N2. The standard InChI is InChI=1S/C11H21F3N2/c1-8(2)16(7-11(12,13)14)10-6-4-3-5-9(10)15/h8-10H,3-7,15H2,1-2H3. The van der Waals surface area contributed by atoms with E-state index in [0.717, 1.165) is 25.7 Å². The number of nitrogens with zero attached hydrogens (tertiary/aromatic N) is 1. The lowest BCUT2D eigenvalue weighted by atomic mass is 9.89. The minimum absolute atomic E-state index is 0.113. The molecule has 2 unspecified atom stereocenters. The maximum atomic E-state index is 12.5. The highest BCUT2D eigenvalue weighted by Crippen LogP contribution is 2.27. The van der Waals surface area contributed by atoms with E-state index in [1.54, 1.807) is 13.8 Å². The van der Waals surface area contributed by atoms with Gasteiger partial charge in [0.15, 0.2) is 0 Å². The molecule has 0 radical (unpaired) electrons. The van der Waals surface area contributed by atoms with Crippen LogP contribution in [0.2, 0.25) is 0 Å². The number of halogens is 3. The van der Waals surface area contributed by atoms with E-state index >= 15 is 0 Å². The minimum Gasteiger partial charge on any atom is -0.326 e. The molecule has 2 nitrogen and oxygen atoms in total. The first kappa shape index (κ1) is 13.8. The predicted molar refractivity (Wildman–Crippen MR) is 58.1 cm³/mol. The van der Waals surface area contributed by atoms with Gasteiger partial charge in [0.25, 0.3) is 0 Å². The lowest BCUT2D eigenvalue weighted by Gasteiger charge is -2.41. The Morgan fingerprint density at radius 3 is 2.25 bits per heavy atom. The topological polar surface area (TPSA) is 29.3 Å². The van der Waals surface area contributed by atoms with Crippen LogP contribution in [-0.4, -0.2) is 35.7 Å². The van der Waals surface area contributed by atoms with E-state index in [2.05, 4.69) is 0 Å². The third-order valence-corrected chi connectivity index (χ3v) is 3.23. The van der Waals surface area contributed by atoms with Gasteiger partial charge in [-0.05, 0) is 26.7 Å². The first-order valence-corrected chi connectivity index (χ1v) is 5.89. The maximum absolute atomic E-state index is 12.5. The Morgan fingerprint density at radius 1 is 1.25 bits per heavy atom. The van der Waals surface area contributed by atoms with Gasteiger partial charge in [-0.3, -0.25) is 4.90 Å². The van der Waals surface area contributed by atoms with Gasteiger partial charge in [0.2, 0.25) is 0 Å². The predicted octanol–water partition coefficient (Wildman–Crippen LogP) is 2.53. The van der Waals surface area contributed by atoms with Crippen LogP contribution in [0.1, 0.15) is 39.5 Å². The van der Waals surface area contributed by atoms with E-state index in [4.69, 9.17) is 5.73 Å². The Labute approximate surface area is 95.0 Å². The fourth-order valence-corrected chi connectivity index (χ4v) is 2.44. The zero-order valence-electron chi connectivity index (χ0n) is 9.93. The summed E-state index contributed by atoms with van der Waals surface area (Å²) in [6.45, 7) is 2.75. The van der Waals surface area contributed by atoms with Crippen LogP contribution < -0.4 is 5.73 Å². The third kappa shape index (κ3) is 3.94. The van der Waals surface area contributed by atoms with E-state index in [9.17, 15) is 13.2 Å². The van der Waals surface area contributed by atoms with Crippen molar-refractivity contribution < 1.29 is 13.2 Å². The number of hydrogen-bond acceptors (Lipinski definition) is 2. The summed E-state index contributed by atoms with van der Waals surface area (Å²) in [4.78, 5) is 1.50. The Hall–Kier alpha value is -0.290. The molecule has 0 spiro atoms. The van der Waals surface area contributed by atoms with Gasteiger partial charge >= 0.3 is 6.18 Å². The van der Waals surface area contributed by atoms with Gasteiger partial charge in [-0.25, -0.2) is 0 Å². The normalized spacial score (nSPS) is 27.8. The first-order chi connectivity index (χ1) is 7.31. The molecule has 2 N–H and O–H groups in total. The number of alkyl halides is 3. The zero-order valence-corrected chi connectivity index (χ0v) is 9.93. The van der Waals surface area contributed by atoms with Crippen molar-refractivity contribution >= 4 is 0 Å². The van der Waals surface area contributed by atoms with E-state index in [0.29, 0.717) is 0 Å². The second kappa shape index (κ2) is 5.36. The Kier molecular flexibility index (Phi) is 4.62. The monoisotopic (exact) mass is 238 g/mol. The molecule has 0 aromatic carbocycles. The number of hydrogen-bond donors (Lipinski definition) is 1. The Bertz CT molecular complexity index is 216. The lowest BCUT2D eigenvalue weighted by Crippen LogP contribution is -2.54. The molecule has 1 saturated carbocycles. The summed E-state index contributed by atoms with van der Waals surface area (Å²) in [7, 11) is 0. The van der Waals surface area contributed by atoms with Crippen LogP contribution in [0.3, 0.4) is 0 Å². The highest BCUT2D eigenvalue weighted by Gasteiger charge is 2.37. The first-order valence-electron chi connectivity index (χ1n) is 5.89. The minimum atomic E-state index is -4.14. The summed E-state index contributed by atoms with van der Waals surface area (Å²) in [5, 5.41) is 0. The van der Waals surface area contributed by atoms with Crippen LogP contribution in [0.25, 0.3) is 0 Å². The van der Waals surface area contributed by atoms with Gasteiger partial charge in [0.1, 0.15) is 0 Å². The summed E-state index contributed by atoms with van der Waals surface area (Å²) in [6.07, 6.45) is -0.488. The molecule has 1 fully saturated rings. The molecule has 0 aromatic rings. The summed E-state index contributed by atoms with van der Waals surface area (Å²) < 4.78 is 37.4. The molecule has 0 heterocycles. The quantitative estimate of drug-likeness (QED) is 0.818. The third-order valence-electron chi connectivity index (χ3n) is 3.23. The van der Waals surface area contributed by atoms with Gasteiger partial charge in [-0.1, -0.05) is 12.8 Å². The van der Waals surface area contributed by atoms with Crippen molar-refractivity contribution in [1.29, 1.82) is 0 Å². The van der Waals surface area contributed by atoms with E-state index in [-0.39, 0.29) is 18.1 Å². The van der Waals surface area contributed by atoms with Crippen LogP contribution in [0.4, 0.5) is 13.2 Å². The van der Waals surface area contributed by atoms with E-state index in [1.165, 1.54) is 4.90 Å². The average molecular weight is 238 g/mol. The highest BCUT2D eigenvalue weighted by atomic mass is 19.4. The summed E-state index contributed by atoms with van der Waals surface area (Å²) in [5.41, 5.74) is 5.93. The van der Waals surface area contributed by atoms with Gasteiger partial charge in [0, 0.05) is 18.1 Å². The Balaban J connectivity index is 2.68. The molecule has 96 valence electrons. The molecule has 0 saturated heterocycles. The molecule has 0 bridgehead atoms. The molecule has 0 amide bonds. The van der Waals surface area contributed by atoms with Gasteiger partial charge in [-0.15, -0.1) is 0 Å². The van der Waals surface area contributed by atoms with Crippen molar-refractivity contribution in [1.82, 2.24) is 4.90 Å². The number of nitrogens with two attached hydrogens (primary N) is 1. The molecule has 1 rings (SSSR count). The molecular weight excluding hydrogens is 217 g/mol. The molecule has 5 heteroatoms. The van der Waals surface area contributed by atoms with E-state index < -0.39 is 12.7 Å². The second-order valence-electron chi connectivity index (χ2n) is 4.90. The summed E-state index contributed by atoms with van der Waals surface area (Å²) in [6, 6.07) is -0.343. The Morgan fingerprint density at radius 2 is 1.81 bits per heavy atom. The summed E-state index contributed by atoms with van der Waals surface area (Å²) in [5.74, 6) is 0. The molecule has 0 aromatic heterocycles. The van der Waals surface area contributed by atoms with Gasteiger partial charge in [-0.2, -0.15) is 13.2 Å². The molecule has 2 atom stereocenters.